The van der Waals surface area contributed by atoms with Crippen molar-refractivity contribution in [1.82, 2.24) is 10.3 Å². The van der Waals surface area contributed by atoms with E-state index in [4.69, 9.17) is 0 Å². The minimum Gasteiger partial charge on any atom is -0.340 e. The van der Waals surface area contributed by atoms with Crippen LogP contribution in [-0.4, -0.2) is 10.9 Å². The number of rotatable bonds is 5. The van der Waals surface area contributed by atoms with Crippen LogP contribution in [0.25, 0.3) is 6.08 Å². The molecule has 1 amide bonds. The maximum atomic E-state index is 12.3. The van der Waals surface area contributed by atoms with Crippen LogP contribution in [0.1, 0.15) is 22.9 Å². The van der Waals surface area contributed by atoms with Gasteiger partial charge in [-0.3, -0.25) is 9.78 Å². The lowest BCUT2D eigenvalue weighted by molar-refractivity contribution is -0.116. The van der Waals surface area contributed by atoms with Crippen LogP contribution < -0.4 is 5.32 Å². The highest BCUT2D eigenvalue weighted by Gasteiger charge is 2.16. The topological polar surface area (TPSA) is 42.0 Å². The van der Waals surface area contributed by atoms with Crippen molar-refractivity contribution in [3.05, 3.63) is 108 Å². The van der Waals surface area contributed by atoms with E-state index in [9.17, 15) is 4.79 Å². The van der Waals surface area contributed by atoms with Crippen LogP contribution in [0.2, 0.25) is 0 Å². The predicted molar refractivity (Wildman–Crippen MR) is 96.1 cm³/mol. The predicted octanol–water partition coefficient (Wildman–Crippen LogP) is 4.00. The molecular formula is C21H18N2O. The quantitative estimate of drug-likeness (QED) is 0.723. The fourth-order valence-electron chi connectivity index (χ4n) is 2.45. The number of hydrogen-bond donors (Lipinski definition) is 1. The Labute approximate surface area is 141 Å². The van der Waals surface area contributed by atoms with E-state index in [2.05, 4.69) is 10.3 Å². The van der Waals surface area contributed by atoms with Gasteiger partial charge in [0.1, 0.15) is 0 Å². The number of carbonyl (C=O) groups excluding carboxylic acids is 1. The zero-order valence-electron chi connectivity index (χ0n) is 13.2. The van der Waals surface area contributed by atoms with Crippen molar-refractivity contribution in [1.29, 1.82) is 0 Å². The van der Waals surface area contributed by atoms with Gasteiger partial charge >= 0.3 is 0 Å². The van der Waals surface area contributed by atoms with Crippen molar-refractivity contribution in [2.75, 3.05) is 0 Å². The van der Waals surface area contributed by atoms with E-state index in [-0.39, 0.29) is 11.9 Å². The molecule has 24 heavy (non-hydrogen) atoms. The fourth-order valence-corrected chi connectivity index (χ4v) is 2.45. The minimum absolute atomic E-state index is 0.154. The maximum absolute atomic E-state index is 12.3. The van der Waals surface area contributed by atoms with E-state index in [1.165, 1.54) is 0 Å². The van der Waals surface area contributed by atoms with E-state index in [0.29, 0.717) is 0 Å². The van der Waals surface area contributed by atoms with Crippen LogP contribution >= 0.6 is 0 Å². The summed E-state index contributed by atoms with van der Waals surface area (Å²) in [4.78, 5) is 16.7. The molecule has 0 radical (unpaired) electrons. The summed E-state index contributed by atoms with van der Waals surface area (Å²) >= 11 is 0. The first-order valence-corrected chi connectivity index (χ1v) is 7.82. The number of nitrogens with zero attached hydrogens (tertiary/aromatic N) is 1. The highest BCUT2D eigenvalue weighted by atomic mass is 16.1. The van der Waals surface area contributed by atoms with Gasteiger partial charge in [-0.2, -0.15) is 0 Å². The lowest BCUT2D eigenvalue weighted by Gasteiger charge is -2.17. The van der Waals surface area contributed by atoms with E-state index in [0.717, 1.165) is 16.8 Å². The van der Waals surface area contributed by atoms with Gasteiger partial charge in [0.05, 0.1) is 11.7 Å². The van der Waals surface area contributed by atoms with Gasteiger partial charge in [0.2, 0.25) is 5.91 Å². The maximum Gasteiger partial charge on any atom is 0.244 e. The van der Waals surface area contributed by atoms with Crippen LogP contribution in [0.4, 0.5) is 0 Å². The molecule has 1 N–H and O–H groups in total. The van der Waals surface area contributed by atoms with Crippen LogP contribution in [0.5, 0.6) is 0 Å². The largest absolute Gasteiger partial charge is 0.340 e. The molecule has 1 aromatic heterocycles. The van der Waals surface area contributed by atoms with Crippen LogP contribution in [0.3, 0.4) is 0 Å². The molecule has 1 atom stereocenters. The monoisotopic (exact) mass is 314 g/mol. The van der Waals surface area contributed by atoms with Crippen LogP contribution in [0.15, 0.2) is 91.1 Å². The summed E-state index contributed by atoms with van der Waals surface area (Å²) in [5.41, 5.74) is 2.80. The van der Waals surface area contributed by atoms with Crippen molar-refractivity contribution in [3.8, 4) is 0 Å². The molecule has 0 aliphatic rings. The standard InChI is InChI=1S/C21H18N2O/c24-20(15-14-17-9-3-1-4-10-17)23-21(18-11-5-2-6-12-18)19-13-7-8-16-22-19/h1-16,21H,(H,23,24)/b15-14+. The first-order valence-electron chi connectivity index (χ1n) is 7.82. The van der Waals surface area contributed by atoms with Crippen LogP contribution in [-0.2, 0) is 4.79 Å². The first-order chi connectivity index (χ1) is 11.8. The second kappa shape index (κ2) is 7.88. The number of carbonyl (C=O) groups is 1. The van der Waals surface area contributed by atoms with Gasteiger partial charge in [0.25, 0.3) is 0 Å². The van der Waals surface area contributed by atoms with Gasteiger partial charge in [0, 0.05) is 12.3 Å². The highest BCUT2D eigenvalue weighted by molar-refractivity contribution is 5.92. The summed E-state index contributed by atoms with van der Waals surface area (Å²) in [7, 11) is 0. The Hall–Kier alpha value is -3.20. The fraction of sp³-hybridized carbons (Fsp3) is 0.0476. The zero-order chi connectivity index (χ0) is 16.6. The zero-order valence-corrected chi connectivity index (χ0v) is 13.2. The molecular weight excluding hydrogens is 296 g/mol. The van der Waals surface area contributed by atoms with Crippen molar-refractivity contribution < 1.29 is 4.79 Å². The average molecular weight is 314 g/mol. The smallest absolute Gasteiger partial charge is 0.244 e. The van der Waals surface area contributed by atoms with Crippen molar-refractivity contribution >= 4 is 12.0 Å². The summed E-state index contributed by atoms with van der Waals surface area (Å²) in [5, 5.41) is 3.03. The molecule has 3 nitrogen and oxygen atoms in total. The SMILES string of the molecule is O=C(/C=C/c1ccccc1)NC(c1ccccc1)c1ccccn1. The van der Waals surface area contributed by atoms with Crippen molar-refractivity contribution in [2.24, 2.45) is 0 Å². The molecule has 0 spiro atoms. The molecule has 0 saturated heterocycles. The number of nitrogens with one attached hydrogen (secondary N) is 1. The van der Waals surface area contributed by atoms with Gasteiger partial charge in [-0.05, 0) is 29.3 Å². The third kappa shape index (κ3) is 4.17. The molecule has 0 fully saturated rings. The molecule has 0 saturated carbocycles. The lowest BCUT2D eigenvalue weighted by atomic mass is 10.0. The molecule has 3 aromatic rings. The second-order valence-electron chi connectivity index (χ2n) is 5.35. The molecule has 3 rings (SSSR count). The summed E-state index contributed by atoms with van der Waals surface area (Å²) in [6.45, 7) is 0. The van der Waals surface area contributed by atoms with Gasteiger partial charge in [-0.15, -0.1) is 0 Å². The third-order valence-corrected chi connectivity index (χ3v) is 3.63. The van der Waals surface area contributed by atoms with Crippen LogP contribution in [0, 0.1) is 0 Å². The molecule has 1 heterocycles. The number of aromatic nitrogens is 1. The summed E-state index contributed by atoms with van der Waals surface area (Å²) in [5.74, 6) is -0.154. The van der Waals surface area contributed by atoms with E-state index in [1.54, 1.807) is 18.3 Å². The molecule has 1 unspecified atom stereocenters. The van der Waals surface area contributed by atoms with Crippen molar-refractivity contribution in [3.63, 3.8) is 0 Å². The number of pyridine rings is 1. The van der Waals surface area contributed by atoms with E-state index in [1.807, 2.05) is 78.9 Å². The Morgan fingerprint density at radius 2 is 1.54 bits per heavy atom. The summed E-state index contributed by atoms with van der Waals surface area (Å²) in [6, 6.07) is 25.0. The minimum atomic E-state index is -0.277. The first kappa shape index (κ1) is 15.7. The Kier molecular flexibility index (Phi) is 5.15. The second-order valence-corrected chi connectivity index (χ2v) is 5.35. The Morgan fingerprint density at radius 3 is 2.21 bits per heavy atom. The lowest BCUT2D eigenvalue weighted by Crippen LogP contribution is -2.28. The number of benzene rings is 2. The summed E-state index contributed by atoms with van der Waals surface area (Å²) < 4.78 is 0. The van der Waals surface area contributed by atoms with E-state index >= 15 is 0 Å². The average Bonchev–Trinajstić information content (AvgIpc) is 2.67. The van der Waals surface area contributed by atoms with Crippen molar-refractivity contribution in [2.45, 2.75) is 6.04 Å². The molecule has 0 aliphatic heterocycles. The third-order valence-electron chi connectivity index (χ3n) is 3.63. The Balaban J connectivity index is 1.80. The highest BCUT2D eigenvalue weighted by Crippen LogP contribution is 2.19. The molecule has 3 heteroatoms. The normalized spacial score (nSPS) is 12.0. The van der Waals surface area contributed by atoms with Gasteiger partial charge in [-0.1, -0.05) is 66.7 Å². The molecule has 0 aliphatic carbocycles. The molecule has 2 aromatic carbocycles. The van der Waals surface area contributed by atoms with Gasteiger partial charge < -0.3 is 5.32 Å². The Morgan fingerprint density at radius 1 is 0.875 bits per heavy atom. The number of hydrogen-bond acceptors (Lipinski definition) is 2. The summed E-state index contributed by atoms with van der Waals surface area (Å²) in [6.07, 6.45) is 5.08. The molecule has 0 bridgehead atoms. The van der Waals surface area contributed by atoms with Gasteiger partial charge in [0.15, 0.2) is 0 Å². The number of amides is 1. The molecule has 118 valence electrons. The van der Waals surface area contributed by atoms with Gasteiger partial charge in [-0.25, -0.2) is 0 Å². The Bertz CT molecular complexity index is 760. The van der Waals surface area contributed by atoms with E-state index < -0.39 is 0 Å².